The molecule has 30 heavy (non-hydrogen) atoms. The van der Waals surface area contributed by atoms with Gasteiger partial charge in [0, 0.05) is 0 Å². The number of methoxy groups -OCH3 is 1. The number of aliphatic hydroxyl groups is 1. The van der Waals surface area contributed by atoms with Gasteiger partial charge in [-0.05, 0) is 36.5 Å². The Kier molecular flexibility index (Phi) is 8.61. The molecule has 0 fully saturated rings. The van der Waals surface area contributed by atoms with Crippen molar-refractivity contribution in [1.82, 2.24) is 10.6 Å². The predicted molar refractivity (Wildman–Crippen MR) is 110 cm³/mol. The lowest BCUT2D eigenvalue weighted by molar-refractivity contribution is -0.124. The van der Waals surface area contributed by atoms with E-state index in [0.29, 0.717) is 12.8 Å². The first-order chi connectivity index (χ1) is 14.3. The number of carbonyl (C=O) groups excluding carboxylic acids is 3. The molecule has 3 N–H and O–H groups in total. The lowest BCUT2D eigenvalue weighted by Crippen LogP contribution is -2.51. The predicted octanol–water partition coefficient (Wildman–Crippen LogP) is 1.93. The summed E-state index contributed by atoms with van der Waals surface area (Å²) in [6.07, 6.45) is 0.859. The summed E-state index contributed by atoms with van der Waals surface area (Å²) in [6.45, 7) is 3.63. The summed E-state index contributed by atoms with van der Waals surface area (Å²) >= 11 is 0. The van der Waals surface area contributed by atoms with Crippen molar-refractivity contribution >= 4 is 17.8 Å². The molecule has 2 amide bonds. The van der Waals surface area contributed by atoms with Gasteiger partial charge in [0.1, 0.15) is 6.04 Å². The molecule has 0 saturated carbocycles. The van der Waals surface area contributed by atoms with Gasteiger partial charge in [-0.3, -0.25) is 9.59 Å². The second-order valence-corrected chi connectivity index (χ2v) is 7.39. The monoisotopic (exact) mass is 416 g/mol. The highest BCUT2D eigenvalue weighted by Gasteiger charge is 2.26. The van der Waals surface area contributed by atoms with Gasteiger partial charge in [-0.25, -0.2) is 4.79 Å². The third-order valence-corrected chi connectivity index (χ3v) is 4.44. The van der Waals surface area contributed by atoms with Crippen molar-refractivity contribution in [3.63, 3.8) is 0 Å². The zero-order valence-electron chi connectivity index (χ0n) is 17.4. The van der Waals surface area contributed by atoms with Gasteiger partial charge in [-0.2, -0.15) is 0 Å². The maximum Gasteiger partial charge on any atom is 0.373 e. The lowest BCUT2D eigenvalue weighted by atomic mass is 10.0. The number of aliphatic hydroxyl groups excluding tert-OH is 1. The molecule has 8 nitrogen and oxygen atoms in total. The van der Waals surface area contributed by atoms with Crippen molar-refractivity contribution < 1.29 is 28.6 Å². The minimum Gasteiger partial charge on any atom is -0.463 e. The zero-order chi connectivity index (χ0) is 22.1. The van der Waals surface area contributed by atoms with Crippen LogP contribution in [0.1, 0.15) is 46.9 Å². The van der Waals surface area contributed by atoms with Crippen LogP contribution in [0.5, 0.6) is 0 Å². The molecule has 0 aliphatic rings. The Morgan fingerprint density at radius 2 is 1.70 bits per heavy atom. The Morgan fingerprint density at radius 3 is 2.30 bits per heavy atom. The van der Waals surface area contributed by atoms with Crippen LogP contribution < -0.4 is 10.6 Å². The number of esters is 1. The second-order valence-electron chi connectivity index (χ2n) is 7.39. The van der Waals surface area contributed by atoms with E-state index in [-0.39, 0.29) is 24.0 Å². The van der Waals surface area contributed by atoms with Gasteiger partial charge in [0.05, 0.1) is 19.8 Å². The van der Waals surface area contributed by atoms with Crippen molar-refractivity contribution in [2.24, 2.45) is 5.92 Å². The Hall–Kier alpha value is -3.13. The highest BCUT2D eigenvalue weighted by Crippen LogP contribution is 2.12. The van der Waals surface area contributed by atoms with Crippen LogP contribution >= 0.6 is 0 Å². The van der Waals surface area contributed by atoms with Crippen LogP contribution in [0.15, 0.2) is 46.9 Å². The summed E-state index contributed by atoms with van der Waals surface area (Å²) in [7, 11) is 1.21. The molecular weight excluding hydrogens is 388 g/mol. The molecule has 2 atom stereocenters. The highest BCUT2D eigenvalue weighted by molar-refractivity contribution is 5.96. The minimum atomic E-state index is -0.825. The van der Waals surface area contributed by atoms with Crippen molar-refractivity contribution in [2.75, 3.05) is 13.7 Å². The fourth-order valence-corrected chi connectivity index (χ4v) is 2.96. The normalized spacial score (nSPS) is 12.8. The van der Waals surface area contributed by atoms with E-state index in [9.17, 15) is 19.5 Å². The van der Waals surface area contributed by atoms with E-state index in [1.165, 1.54) is 19.2 Å². The fraction of sp³-hybridized carbons (Fsp3) is 0.409. The first-order valence-electron chi connectivity index (χ1n) is 9.78. The fourth-order valence-electron chi connectivity index (χ4n) is 2.96. The van der Waals surface area contributed by atoms with E-state index < -0.39 is 29.9 Å². The minimum absolute atomic E-state index is 0.0973. The lowest BCUT2D eigenvalue weighted by Gasteiger charge is -2.23. The average Bonchev–Trinajstić information content (AvgIpc) is 3.23. The first-order valence-corrected chi connectivity index (χ1v) is 9.78. The summed E-state index contributed by atoms with van der Waals surface area (Å²) in [6, 6.07) is 10.9. The van der Waals surface area contributed by atoms with Gasteiger partial charge in [-0.1, -0.05) is 44.2 Å². The Morgan fingerprint density at radius 1 is 1.03 bits per heavy atom. The zero-order valence-corrected chi connectivity index (χ0v) is 17.4. The van der Waals surface area contributed by atoms with Crippen LogP contribution in [0.3, 0.4) is 0 Å². The molecule has 0 unspecified atom stereocenters. The van der Waals surface area contributed by atoms with Crippen molar-refractivity contribution in [2.45, 2.75) is 38.8 Å². The van der Waals surface area contributed by atoms with E-state index in [0.717, 1.165) is 5.56 Å². The quantitative estimate of drug-likeness (QED) is 0.510. The smallest absolute Gasteiger partial charge is 0.373 e. The summed E-state index contributed by atoms with van der Waals surface area (Å²) < 4.78 is 9.76. The van der Waals surface area contributed by atoms with Crippen LogP contribution in [0, 0.1) is 5.92 Å². The summed E-state index contributed by atoms with van der Waals surface area (Å²) in [5.74, 6) is -1.78. The van der Waals surface area contributed by atoms with Crippen LogP contribution in [0.25, 0.3) is 0 Å². The maximum atomic E-state index is 12.8. The number of furan rings is 1. The molecule has 8 heteroatoms. The number of ether oxygens (including phenoxy) is 1. The van der Waals surface area contributed by atoms with Crippen molar-refractivity contribution in [3.8, 4) is 0 Å². The number of nitrogens with one attached hydrogen (secondary N) is 2. The van der Waals surface area contributed by atoms with Gasteiger partial charge in [0.2, 0.25) is 11.7 Å². The molecule has 0 aliphatic carbocycles. The van der Waals surface area contributed by atoms with Crippen molar-refractivity contribution in [1.29, 1.82) is 0 Å². The van der Waals surface area contributed by atoms with Crippen LogP contribution in [-0.4, -0.2) is 48.7 Å². The Bertz CT molecular complexity index is 846. The molecule has 2 aromatic rings. The standard InChI is InChI=1S/C22H28N2O6/c1-14(2)11-17(24-21(27)18-9-10-19(30-18)22(28)29-3)20(26)23-16(13-25)12-15-7-5-4-6-8-15/h4-10,14,16-17,25H,11-13H2,1-3H3,(H,23,26)(H,24,27)/t16-,17-/m0/s1. The molecule has 0 aliphatic heterocycles. The number of benzene rings is 1. The number of hydrogen-bond donors (Lipinski definition) is 3. The maximum absolute atomic E-state index is 12.8. The van der Waals surface area contributed by atoms with Crippen molar-refractivity contribution in [3.05, 3.63) is 59.5 Å². The van der Waals surface area contributed by atoms with Gasteiger partial charge in [0.25, 0.3) is 5.91 Å². The summed E-state index contributed by atoms with van der Waals surface area (Å²) in [4.78, 5) is 36.8. The average molecular weight is 416 g/mol. The Labute approximate surface area is 175 Å². The van der Waals surface area contributed by atoms with Gasteiger partial charge in [-0.15, -0.1) is 0 Å². The van der Waals surface area contributed by atoms with Crippen LogP contribution in [-0.2, 0) is 16.0 Å². The molecule has 1 aromatic heterocycles. The number of amides is 2. The topological polar surface area (TPSA) is 118 Å². The van der Waals surface area contributed by atoms with Gasteiger partial charge in [0.15, 0.2) is 5.76 Å². The van der Waals surface area contributed by atoms with E-state index in [2.05, 4.69) is 15.4 Å². The second kappa shape index (κ2) is 11.2. The number of rotatable bonds is 10. The molecule has 0 radical (unpaired) electrons. The summed E-state index contributed by atoms with van der Waals surface area (Å²) in [5.41, 5.74) is 0.979. The third-order valence-electron chi connectivity index (χ3n) is 4.44. The van der Waals surface area contributed by atoms with E-state index in [1.807, 2.05) is 44.2 Å². The molecule has 162 valence electrons. The number of hydrogen-bond acceptors (Lipinski definition) is 6. The molecular formula is C22H28N2O6. The van der Waals surface area contributed by atoms with Gasteiger partial charge >= 0.3 is 5.97 Å². The van der Waals surface area contributed by atoms with E-state index in [4.69, 9.17) is 4.42 Å². The molecule has 1 heterocycles. The molecule has 2 rings (SSSR count). The molecule has 1 aromatic carbocycles. The summed E-state index contributed by atoms with van der Waals surface area (Å²) in [5, 5.41) is 15.1. The first kappa shape index (κ1) is 23.2. The largest absolute Gasteiger partial charge is 0.463 e. The third kappa shape index (κ3) is 6.73. The van der Waals surface area contributed by atoms with Crippen LogP contribution in [0.2, 0.25) is 0 Å². The Balaban J connectivity index is 2.05. The van der Waals surface area contributed by atoms with Gasteiger partial charge < -0.3 is 24.9 Å². The number of carbonyl (C=O) groups is 3. The SMILES string of the molecule is COC(=O)c1ccc(C(=O)N[C@@H](CC(C)C)C(=O)N[C@H](CO)Cc2ccccc2)o1. The molecule has 0 saturated heterocycles. The van der Waals surface area contributed by atoms with E-state index >= 15 is 0 Å². The molecule has 0 spiro atoms. The van der Waals surface area contributed by atoms with E-state index in [1.54, 1.807) is 0 Å². The van der Waals surface area contributed by atoms with Crippen LogP contribution in [0.4, 0.5) is 0 Å². The highest BCUT2D eigenvalue weighted by atomic mass is 16.5. The molecule has 0 bridgehead atoms.